The van der Waals surface area contributed by atoms with E-state index >= 15 is 0 Å². The summed E-state index contributed by atoms with van der Waals surface area (Å²) in [7, 11) is -0.184. The maximum Gasteiger partial charge on any atom is 0.319 e. The summed E-state index contributed by atoms with van der Waals surface area (Å²) < 4.78 is 27.0. The van der Waals surface area contributed by atoms with Crippen LogP contribution in [-0.2, 0) is 14.8 Å². The molecular formula is C19H27ClN4O4S. The Kier molecular flexibility index (Phi) is 6.70. The summed E-state index contributed by atoms with van der Waals surface area (Å²) in [6, 6.07) is 6.19. The second-order valence-electron chi connectivity index (χ2n) is 7.63. The molecule has 1 aromatic carbocycles. The molecule has 2 fully saturated rings. The summed E-state index contributed by atoms with van der Waals surface area (Å²) in [4.78, 5) is 30.1. The van der Waals surface area contributed by atoms with Crippen LogP contribution in [0.15, 0.2) is 29.2 Å². The van der Waals surface area contributed by atoms with Gasteiger partial charge < -0.3 is 14.7 Å². The highest BCUT2D eigenvalue weighted by molar-refractivity contribution is 7.89. The third-order valence-corrected chi connectivity index (χ3v) is 7.61. The Morgan fingerprint density at radius 2 is 1.62 bits per heavy atom. The molecule has 160 valence electrons. The summed E-state index contributed by atoms with van der Waals surface area (Å²) in [6.07, 6.45) is 1.28. The van der Waals surface area contributed by atoms with Crippen LogP contribution in [0.3, 0.4) is 0 Å². The number of amides is 3. The molecular weight excluding hydrogens is 416 g/mol. The predicted octanol–water partition coefficient (Wildman–Crippen LogP) is 1.57. The minimum Gasteiger partial charge on any atom is -0.340 e. The Labute approximate surface area is 177 Å². The summed E-state index contributed by atoms with van der Waals surface area (Å²) in [5, 5.41) is 0.374. The van der Waals surface area contributed by atoms with Gasteiger partial charge in [-0.15, -0.1) is 0 Å². The second-order valence-corrected chi connectivity index (χ2v) is 10.00. The molecule has 0 unspecified atom stereocenters. The number of carbonyl (C=O) groups is 2. The lowest BCUT2D eigenvalue weighted by molar-refractivity contribution is -0.138. The van der Waals surface area contributed by atoms with Crippen LogP contribution in [0.1, 0.15) is 12.8 Å². The molecule has 2 aliphatic rings. The SMILES string of the molecule is CN(C)C(=O)N1CCC(C(=O)N2CCN(S(=O)(=O)c3cccc(Cl)c3)CC2)CC1. The van der Waals surface area contributed by atoms with Crippen molar-refractivity contribution in [3.05, 3.63) is 29.3 Å². The molecule has 0 N–H and O–H groups in total. The Bertz CT molecular complexity index is 861. The normalized spacial score (nSPS) is 19.3. The highest BCUT2D eigenvalue weighted by atomic mass is 35.5. The van der Waals surface area contributed by atoms with Gasteiger partial charge in [-0.3, -0.25) is 4.79 Å². The number of piperidine rings is 1. The number of urea groups is 1. The number of hydrogen-bond acceptors (Lipinski definition) is 4. The van der Waals surface area contributed by atoms with E-state index in [1.165, 1.54) is 16.4 Å². The van der Waals surface area contributed by atoms with E-state index < -0.39 is 10.0 Å². The van der Waals surface area contributed by atoms with Gasteiger partial charge in [-0.25, -0.2) is 13.2 Å². The molecule has 29 heavy (non-hydrogen) atoms. The number of piperazine rings is 1. The van der Waals surface area contributed by atoms with Crippen molar-refractivity contribution in [2.45, 2.75) is 17.7 Å². The molecule has 8 nitrogen and oxygen atoms in total. The molecule has 3 amide bonds. The average molecular weight is 443 g/mol. The number of halogens is 1. The maximum atomic E-state index is 12.9. The number of carbonyl (C=O) groups excluding carboxylic acids is 2. The van der Waals surface area contributed by atoms with Gasteiger partial charge in [0.1, 0.15) is 0 Å². The van der Waals surface area contributed by atoms with Crippen LogP contribution >= 0.6 is 11.6 Å². The van der Waals surface area contributed by atoms with Gasteiger partial charge in [-0.2, -0.15) is 4.31 Å². The van der Waals surface area contributed by atoms with Gasteiger partial charge in [0, 0.05) is 64.3 Å². The van der Waals surface area contributed by atoms with Crippen LogP contribution < -0.4 is 0 Å². The molecule has 1 aromatic rings. The van der Waals surface area contributed by atoms with Crippen LogP contribution in [0.4, 0.5) is 4.79 Å². The quantitative estimate of drug-likeness (QED) is 0.711. The van der Waals surface area contributed by atoms with Crippen molar-refractivity contribution >= 4 is 33.6 Å². The number of sulfonamides is 1. The van der Waals surface area contributed by atoms with Gasteiger partial charge in [0.15, 0.2) is 0 Å². The lowest BCUT2D eigenvalue weighted by Gasteiger charge is -2.38. The van der Waals surface area contributed by atoms with Crippen molar-refractivity contribution in [3.63, 3.8) is 0 Å². The summed E-state index contributed by atoms with van der Waals surface area (Å²) >= 11 is 5.92. The van der Waals surface area contributed by atoms with Gasteiger partial charge in [0.05, 0.1) is 4.90 Å². The maximum absolute atomic E-state index is 12.9. The van der Waals surface area contributed by atoms with Gasteiger partial charge in [-0.05, 0) is 31.0 Å². The zero-order valence-corrected chi connectivity index (χ0v) is 18.3. The van der Waals surface area contributed by atoms with E-state index in [9.17, 15) is 18.0 Å². The standard InChI is InChI=1S/C19H27ClN4O4S/c1-21(2)19(26)23-8-6-15(7-9-23)18(25)22-10-12-24(13-11-22)29(27,28)17-5-3-4-16(20)14-17/h3-5,14-15H,6-13H2,1-2H3. The van der Waals surface area contributed by atoms with E-state index in [-0.39, 0.29) is 35.8 Å². The first-order valence-corrected chi connectivity index (χ1v) is 11.5. The Balaban J connectivity index is 1.54. The molecule has 10 heteroatoms. The Hall–Kier alpha value is -1.84. The molecule has 0 saturated carbocycles. The van der Waals surface area contributed by atoms with Crippen LogP contribution in [0, 0.1) is 5.92 Å². The number of benzene rings is 1. The molecule has 0 aliphatic carbocycles. The van der Waals surface area contributed by atoms with E-state index in [1.54, 1.807) is 40.9 Å². The fraction of sp³-hybridized carbons (Fsp3) is 0.579. The van der Waals surface area contributed by atoms with E-state index in [0.29, 0.717) is 44.0 Å². The van der Waals surface area contributed by atoms with Crippen molar-refractivity contribution in [1.29, 1.82) is 0 Å². The van der Waals surface area contributed by atoms with E-state index in [2.05, 4.69) is 0 Å². The predicted molar refractivity (Wildman–Crippen MR) is 110 cm³/mol. The molecule has 2 heterocycles. The topological polar surface area (TPSA) is 81.2 Å². The largest absolute Gasteiger partial charge is 0.340 e. The fourth-order valence-corrected chi connectivity index (χ4v) is 5.51. The molecule has 0 aromatic heterocycles. The van der Waals surface area contributed by atoms with Crippen LogP contribution in [0.5, 0.6) is 0 Å². The zero-order valence-electron chi connectivity index (χ0n) is 16.8. The van der Waals surface area contributed by atoms with Crippen molar-refractivity contribution in [2.75, 3.05) is 53.4 Å². The average Bonchev–Trinajstić information content (AvgIpc) is 2.73. The molecule has 0 atom stereocenters. The number of rotatable bonds is 3. The lowest BCUT2D eigenvalue weighted by Crippen LogP contribution is -2.53. The summed E-state index contributed by atoms with van der Waals surface area (Å²) in [5.41, 5.74) is 0. The van der Waals surface area contributed by atoms with Gasteiger partial charge in [0.2, 0.25) is 15.9 Å². The third-order valence-electron chi connectivity index (χ3n) is 5.48. The first-order valence-electron chi connectivity index (χ1n) is 9.71. The first-order chi connectivity index (χ1) is 13.7. The molecule has 0 bridgehead atoms. The third kappa shape index (κ3) is 4.84. The number of nitrogens with zero attached hydrogens (tertiary/aromatic N) is 4. The minimum absolute atomic E-state index is 0.0317. The number of likely N-dealkylation sites (tertiary alicyclic amines) is 1. The molecule has 0 spiro atoms. The van der Waals surface area contributed by atoms with E-state index in [1.807, 2.05) is 0 Å². The van der Waals surface area contributed by atoms with Gasteiger partial charge in [-0.1, -0.05) is 17.7 Å². The smallest absolute Gasteiger partial charge is 0.319 e. The van der Waals surface area contributed by atoms with E-state index in [4.69, 9.17) is 11.6 Å². The fourth-order valence-electron chi connectivity index (χ4n) is 3.78. The second kappa shape index (κ2) is 8.89. The van der Waals surface area contributed by atoms with Crippen molar-refractivity contribution in [2.24, 2.45) is 5.92 Å². The summed E-state index contributed by atoms with van der Waals surface area (Å²) in [6.45, 7) is 2.40. The van der Waals surface area contributed by atoms with Crippen molar-refractivity contribution in [3.8, 4) is 0 Å². The summed E-state index contributed by atoms with van der Waals surface area (Å²) in [5.74, 6) is -0.0564. The Morgan fingerprint density at radius 1 is 1.00 bits per heavy atom. The molecule has 2 aliphatic heterocycles. The Morgan fingerprint density at radius 3 is 2.17 bits per heavy atom. The highest BCUT2D eigenvalue weighted by Crippen LogP contribution is 2.24. The lowest BCUT2D eigenvalue weighted by atomic mass is 9.95. The van der Waals surface area contributed by atoms with Crippen molar-refractivity contribution in [1.82, 2.24) is 19.0 Å². The molecule has 3 rings (SSSR count). The first kappa shape index (κ1) is 21.9. The zero-order chi connectivity index (χ0) is 21.2. The van der Waals surface area contributed by atoms with Gasteiger partial charge >= 0.3 is 6.03 Å². The van der Waals surface area contributed by atoms with Crippen LogP contribution in [0.25, 0.3) is 0 Å². The molecule has 0 radical (unpaired) electrons. The van der Waals surface area contributed by atoms with Crippen LogP contribution in [-0.4, -0.2) is 92.7 Å². The van der Waals surface area contributed by atoms with Crippen LogP contribution in [0.2, 0.25) is 5.02 Å². The minimum atomic E-state index is -3.62. The molecule has 2 saturated heterocycles. The van der Waals surface area contributed by atoms with Crippen molar-refractivity contribution < 1.29 is 18.0 Å². The highest BCUT2D eigenvalue weighted by Gasteiger charge is 2.34. The van der Waals surface area contributed by atoms with E-state index in [0.717, 1.165) is 0 Å². The monoisotopic (exact) mass is 442 g/mol. The van der Waals surface area contributed by atoms with Gasteiger partial charge in [0.25, 0.3) is 0 Å². The number of hydrogen-bond donors (Lipinski definition) is 0.